The Morgan fingerprint density at radius 3 is 2.54 bits per heavy atom. The number of fused-ring (bicyclic) bond motifs is 5. The molecule has 1 aromatic rings. The number of nitrogens with one attached hydrogen (secondary N) is 1. The number of hydrogen-bond acceptors (Lipinski definition) is 6. The molecule has 6 atom stereocenters. The van der Waals surface area contributed by atoms with Crippen molar-refractivity contribution in [1.29, 1.82) is 5.26 Å². The van der Waals surface area contributed by atoms with Crippen molar-refractivity contribution in [1.82, 2.24) is 15.4 Å². The fraction of sp³-hybridized carbons (Fsp3) is 0.529. The van der Waals surface area contributed by atoms with Crippen LogP contribution in [0.2, 0.25) is 5.02 Å². The average molecular weight is 415 g/mol. The van der Waals surface area contributed by atoms with E-state index in [1.54, 1.807) is 0 Å². The Morgan fingerprint density at radius 1 is 1.32 bits per heavy atom. The summed E-state index contributed by atoms with van der Waals surface area (Å²) >= 11 is 5.84. The van der Waals surface area contributed by atoms with Gasteiger partial charge < -0.3 is 5.11 Å². The van der Waals surface area contributed by atoms with Crippen LogP contribution in [-0.2, 0) is 22.3 Å². The van der Waals surface area contributed by atoms with Crippen molar-refractivity contribution in [2.75, 3.05) is 0 Å². The van der Waals surface area contributed by atoms with E-state index < -0.39 is 53.3 Å². The van der Waals surface area contributed by atoms with Crippen LogP contribution in [0.5, 0.6) is 0 Å². The zero-order valence-corrected chi connectivity index (χ0v) is 14.9. The number of imide groups is 1. The Labute approximate surface area is 162 Å². The highest BCUT2D eigenvalue weighted by atomic mass is 35.5. The van der Waals surface area contributed by atoms with Crippen LogP contribution < -0.4 is 5.43 Å². The van der Waals surface area contributed by atoms with Crippen LogP contribution in [0, 0.1) is 40.9 Å². The van der Waals surface area contributed by atoms with E-state index in [0.29, 0.717) is 12.6 Å². The van der Waals surface area contributed by atoms with Gasteiger partial charge in [0.05, 0.1) is 52.8 Å². The standard InChI is InChI=1S/C17H14ClF3N4O3/c18-10-1-6(17(19,20)21)4-23-11(10)5-24-25-15(27)12-7-2-8(13(12)16(25)28)14(26)9(7)3-22/h1,4,7-9,12-14,24,26H,2,5H2. The number of nitriles is 1. The Balaban J connectivity index is 1.50. The third kappa shape index (κ3) is 2.69. The summed E-state index contributed by atoms with van der Waals surface area (Å²) in [6, 6.07) is 2.74. The summed E-state index contributed by atoms with van der Waals surface area (Å²) in [5.74, 6) is -3.90. The molecular weight excluding hydrogens is 401 g/mol. The molecule has 3 aliphatic rings. The summed E-state index contributed by atoms with van der Waals surface area (Å²) in [7, 11) is 0. The number of aromatic nitrogens is 1. The lowest BCUT2D eigenvalue weighted by Gasteiger charge is -2.28. The highest BCUT2D eigenvalue weighted by molar-refractivity contribution is 6.31. The van der Waals surface area contributed by atoms with E-state index >= 15 is 0 Å². The number of hydrazine groups is 1. The number of halogens is 4. The first-order chi connectivity index (χ1) is 13.1. The molecule has 0 aromatic carbocycles. The number of pyridine rings is 1. The van der Waals surface area contributed by atoms with Crippen LogP contribution in [0.4, 0.5) is 13.2 Å². The maximum absolute atomic E-state index is 12.7. The molecule has 0 radical (unpaired) electrons. The molecule has 6 unspecified atom stereocenters. The van der Waals surface area contributed by atoms with Crippen molar-refractivity contribution in [2.24, 2.45) is 29.6 Å². The fourth-order valence-electron chi connectivity index (χ4n) is 4.69. The van der Waals surface area contributed by atoms with Crippen molar-refractivity contribution in [3.8, 4) is 6.07 Å². The second-order valence-electron chi connectivity index (χ2n) is 7.26. The first-order valence-electron chi connectivity index (χ1n) is 8.55. The molecule has 1 aromatic heterocycles. The smallest absolute Gasteiger partial charge is 0.391 e. The molecule has 3 fully saturated rings. The van der Waals surface area contributed by atoms with Crippen molar-refractivity contribution < 1.29 is 27.9 Å². The number of rotatable bonds is 3. The molecule has 2 heterocycles. The van der Waals surface area contributed by atoms with E-state index in [-0.39, 0.29) is 23.2 Å². The van der Waals surface area contributed by atoms with Crippen LogP contribution in [0.25, 0.3) is 0 Å². The maximum atomic E-state index is 12.7. The van der Waals surface area contributed by atoms with E-state index in [9.17, 15) is 33.1 Å². The van der Waals surface area contributed by atoms with Crippen molar-refractivity contribution in [2.45, 2.75) is 25.2 Å². The molecule has 2 amide bonds. The van der Waals surface area contributed by atoms with Crippen LogP contribution in [0.15, 0.2) is 12.3 Å². The summed E-state index contributed by atoms with van der Waals surface area (Å²) in [6.45, 7) is -0.229. The summed E-state index contributed by atoms with van der Waals surface area (Å²) in [4.78, 5) is 29.0. The highest BCUT2D eigenvalue weighted by Crippen LogP contribution is 2.58. The Hall–Kier alpha value is -2.22. The zero-order chi connectivity index (χ0) is 20.4. The number of amides is 2. The number of carbonyl (C=O) groups is 2. The van der Waals surface area contributed by atoms with Crippen LogP contribution in [0.1, 0.15) is 17.7 Å². The van der Waals surface area contributed by atoms with Gasteiger partial charge in [-0.15, -0.1) is 0 Å². The van der Waals surface area contributed by atoms with Gasteiger partial charge in [-0.05, 0) is 24.3 Å². The molecule has 0 spiro atoms. The maximum Gasteiger partial charge on any atom is 0.417 e. The van der Waals surface area contributed by atoms with E-state index in [1.165, 1.54) is 0 Å². The minimum Gasteiger partial charge on any atom is -0.391 e. The van der Waals surface area contributed by atoms with E-state index in [2.05, 4.69) is 10.4 Å². The summed E-state index contributed by atoms with van der Waals surface area (Å²) in [6.07, 6.45) is -4.46. The quantitative estimate of drug-likeness (QED) is 0.726. The number of aliphatic hydroxyl groups is 1. The van der Waals surface area contributed by atoms with E-state index in [1.807, 2.05) is 6.07 Å². The SMILES string of the molecule is N#CC1C(O)C2CC1C1C(=O)N(NCc3ncc(C(F)(F)F)cc3Cl)C(=O)C21. The molecule has 4 rings (SSSR count). The van der Waals surface area contributed by atoms with Gasteiger partial charge in [-0.1, -0.05) is 11.6 Å². The van der Waals surface area contributed by atoms with Gasteiger partial charge in [0.1, 0.15) is 0 Å². The van der Waals surface area contributed by atoms with Gasteiger partial charge in [-0.2, -0.15) is 18.4 Å². The topological polar surface area (TPSA) is 106 Å². The number of nitrogens with zero attached hydrogens (tertiary/aromatic N) is 3. The van der Waals surface area contributed by atoms with Crippen molar-refractivity contribution >= 4 is 23.4 Å². The monoisotopic (exact) mass is 414 g/mol. The molecule has 2 N–H and O–H groups in total. The minimum atomic E-state index is -4.58. The first kappa shape index (κ1) is 19.1. The highest BCUT2D eigenvalue weighted by Gasteiger charge is 2.67. The molecule has 7 nitrogen and oxygen atoms in total. The van der Waals surface area contributed by atoms with E-state index in [4.69, 9.17) is 11.6 Å². The molecule has 11 heteroatoms. The van der Waals surface area contributed by atoms with E-state index in [0.717, 1.165) is 11.1 Å². The van der Waals surface area contributed by atoms with Gasteiger partial charge >= 0.3 is 6.18 Å². The normalized spacial score (nSPS) is 34.1. The van der Waals surface area contributed by atoms with Gasteiger partial charge in [-0.3, -0.25) is 14.6 Å². The fourth-order valence-corrected chi connectivity index (χ4v) is 4.93. The minimum absolute atomic E-state index is 0.0465. The average Bonchev–Trinajstić information content (AvgIpc) is 3.23. The molecule has 1 saturated heterocycles. The summed E-state index contributed by atoms with van der Waals surface area (Å²) < 4.78 is 38.0. The molecule has 1 aliphatic heterocycles. The van der Waals surface area contributed by atoms with Crippen molar-refractivity contribution in [3.63, 3.8) is 0 Å². The lowest BCUT2D eigenvalue weighted by atomic mass is 9.74. The second kappa shape index (κ2) is 6.40. The molecule has 148 valence electrons. The molecule has 2 aliphatic carbocycles. The van der Waals surface area contributed by atoms with Crippen molar-refractivity contribution in [3.05, 3.63) is 28.5 Å². The Bertz CT molecular complexity index is 903. The van der Waals surface area contributed by atoms with Gasteiger partial charge in [0.25, 0.3) is 0 Å². The van der Waals surface area contributed by atoms with Gasteiger partial charge in [0, 0.05) is 6.20 Å². The zero-order valence-electron chi connectivity index (χ0n) is 14.2. The predicted molar refractivity (Wildman–Crippen MR) is 86.6 cm³/mol. The Kier molecular flexibility index (Phi) is 4.37. The first-order valence-corrected chi connectivity index (χ1v) is 8.93. The summed E-state index contributed by atoms with van der Waals surface area (Å²) in [5.41, 5.74) is 1.63. The third-order valence-corrected chi connectivity index (χ3v) is 6.26. The lowest BCUT2D eigenvalue weighted by molar-refractivity contribution is -0.145. The molecule has 2 saturated carbocycles. The largest absolute Gasteiger partial charge is 0.417 e. The van der Waals surface area contributed by atoms with Crippen LogP contribution in [-0.4, -0.2) is 33.0 Å². The van der Waals surface area contributed by atoms with Gasteiger partial charge in [-0.25, -0.2) is 10.4 Å². The Morgan fingerprint density at radius 2 is 1.96 bits per heavy atom. The number of hydrogen-bond donors (Lipinski definition) is 2. The molecular formula is C17H14ClF3N4O3. The third-order valence-electron chi connectivity index (χ3n) is 5.93. The molecule has 28 heavy (non-hydrogen) atoms. The number of alkyl halides is 3. The number of aliphatic hydroxyl groups excluding tert-OH is 1. The lowest BCUT2D eigenvalue weighted by Crippen LogP contribution is -2.44. The molecule has 2 bridgehead atoms. The van der Waals surface area contributed by atoms with Gasteiger partial charge in [0.2, 0.25) is 11.8 Å². The predicted octanol–water partition coefficient (Wildman–Crippen LogP) is 1.51. The van der Waals surface area contributed by atoms with Crippen LogP contribution in [0.3, 0.4) is 0 Å². The summed E-state index contributed by atoms with van der Waals surface area (Å²) in [5, 5.41) is 20.0. The second-order valence-corrected chi connectivity index (χ2v) is 7.66. The van der Waals surface area contributed by atoms with Crippen LogP contribution >= 0.6 is 11.6 Å². The van der Waals surface area contributed by atoms with Gasteiger partial charge in [0.15, 0.2) is 0 Å². The number of carbonyl (C=O) groups excluding carboxylic acids is 2.